The van der Waals surface area contributed by atoms with Gasteiger partial charge >= 0.3 is 0 Å². The first-order valence-corrected chi connectivity index (χ1v) is 7.69. The second kappa shape index (κ2) is 4.84. The van der Waals surface area contributed by atoms with Crippen LogP contribution < -0.4 is 5.32 Å². The third kappa shape index (κ3) is 1.99. The lowest BCUT2D eigenvalue weighted by atomic mass is 10.1. The van der Waals surface area contributed by atoms with Gasteiger partial charge < -0.3 is 5.32 Å². The van der Waals surface area contributed by atoms with Crippen molar-refractivity contribution in [3.05, 3.63) is 57.1 Å². The molecule has 1 N–H and O–H groups in total. The molecule has 0 radical (unpaired) electrons. The van der Waals surface area contributed by atoms with Crippen molar-refractivity contribution in [1.29, 1.82) is 0 Å². The lowest BCUT2D eigenvalue weighted by molar-refractivity contribution is 0.703. The predicted octanol–water partition coefficient (Wildman–Crippen LogP) is 4.58. The molecule has 0 saturated carbocycles. The molecule has 1 nitrogen and oxygen atoms in total. The Morgan fingerprint density at radius 3 is 2.67 bits per heavy atom. The molecule has 0 saturated heterocycles. The molecule has 0 aliphatic heterocycles. The van der Waals surface area contributed by atoms with Crippen molar-refractivity contribution < 1.29 is 0 Å². The molecule has 2 heterocycles. The molecule has 0 spiro atoms. The van der Waals surface area contributed by atoms with Crippen LogP contribution >= 0.6 is 22.7 Å². The summed E-state index contributed by atoms with van der Waals surface area (Å²) in [5.74, 6) is 0. The van der Waals surface area contributed by atoms with E-state index in [4.69, 9.17) is 0 Å². The van der Waals surface area contributed by atoms with Crippen molar-refractivity contribution in [3.63, 3.8) is 0 Å². The van der Waals surface area contributed by atoms with Crippen LogP contribution in [-0.2, 0) is 0 Å². The van der Waals surface area contributed by atoms with Crippen LogP contribution in [0.25, 0.3) is 10.1 Å². The first-order valence-electron chi connectivity index (χ1n) is 5.99. The van der Waals surface area contributed by atoms with E-state index in [9.17, 15) is 0 Å². The fraction of sp³-hybridized carbons (Fsp3) is 0.200. The van der Waals surface area contributed by atoms with Gasteiger partial charge in [-0.25, -0.2) is 0 Å². The average molecular weight is 273 g/mol. The van der Waals surface area contributed by atoms with Gasteiger partial charge in [0.15, 0.2) is 0 Å². The van der Waals surface area contributed by atoms with Gasteiger partial charge in [-0.1, -0.05) is 18.2 Å². The van der Waals surface area contributed by atoms with Crippen molar-refractivity contribution in [3.8, 4) is 0 Å². The van der Waals surface area contributed by atoms with Gasteiger partial charge in [0.05, 0.1) is 6.04 Å². The van der Waals surface area contributed by atoms with Crippen LogP contribution in [0.15, 0.2) is 41.8 Å². The molecule has 3 heteroatoms. The summed E-state index contributed by atoms with van der Waals surface area (Å²) in [6.07, 6.45) is 0. The number of aryl methyl sites for hydroxylation is 1. The summed E-state index contributed by atoms with van der Waals surface area (Å²) in [4.78, 5) is 2.78. The molecule has 18 heavy (non-hydrogen) atoms. The first kappa shape index (κ1) is 11.9. The van der Waals surface area contributed by atoms with Crippen molar-refractivity contribution >= 4 is 32.8 Å². The number of nitrogens with one attached hydrogen (secondary N) is 1. The van der Waals surface area contributed by atoms with Gasteiger partial charge in [0.1, 0.15) is 0 Å². The van der Waals surface area contributed by atoms with Gasteiger partial charge in [-0.15, -0.1) is 22.7 Å². The van der Waals surface area contributed by atoms with E-state index in [2.05, 4.69) is 54.0 Å². The highest BCUT2D eigenvalue weighted by atomic mass is 32.1. The molecule has 1 atom stereocenters. The largest absolute Gasteiger partial charge is 0.309 e. The summed E-state index contributed by atoms with van der Waals surface area (Å²) >= 11 is 3.69. The molecule has 0 aliphatic carbocycles. The molecule has 3 aromatic rings. The number of thiophene rings is 2. The Morgan fingerprint density at radius 1 is 1.17 bits per heavy atom. The summed E-state index contributed by atoms with van der Waals surface area (Å²) in [7, 11) is 2.03. The second-order valence-corrected chi connectivity index (χ2v) is 6.58. The maximum atomic E-state index is 3.44. The van der Waals surface area contributed by atoms with E-state index in [1.54, 1.807) is 0 Å². The third-order valence-corrected chi connectivity index (χ3v) is 5.27. The SMILES string of the molecule is CNC(c1cc2ccccc2s1)c1ccsc1C. The lowest BCUT2D eigenvalue weighted by Gasteiger charge is -2.14. The van der Waals surface area contributed by atoms with Crippen molar-refractivity contribution in [2.45, 2.75) is 13.0 Å². The minimum absolute atomic E-state index is 0.314. The molecule has 0 fully saturated rings. The van der Waals surface area contributed by atoms with Gasteiger partial charge in [0.2, 0.25) is 0 Å². The van der Waals surface area contributed by atoms with E-state index >= 15 is 0 Å². The van der Waals surface area contributed by atoms with Gasteiger partial charge in [0.25, 0.3) is 0 Å². The van der Waals surface area contributed by atoms with Gasteiger partial charge in [-0.2, -0.15) is 0 Å². The van der Waals surface area contributed by atoms with Crippen LogP contribution in [0.3, 0.4) is 0 Å². The quantitative estimate of drug-likeness (QED) is 0.736. The molecule has 92 valence electrons. The molecule has 0 amide bonds. The Labute approximate surface area is 115 Å². The standard InChI is InChI=1S/C15H15NS2/c1-10-12(7-8-17-10)15(16-2)14-9-11-5-3-4-6-13(11)18-14/h3-9,15-16H,1-2H3. The molecule has 1 aromatic carbocycles. The van der Waals surface area contributed by atoms with Crippen LogP contribution in [0.5, 0.6) is 0 Å². The Balaban J connectivity index is 2.09. The molecule has 0 bridgehead atoms. The number of fused-ring (bicyclic) bond motifs is 1. The molecular weight excluding hydrogens is 258 g/mol. The van der Waals surface area contributed by atoms with E-state index in [0.29, 0.717) is 6.04 Å². The molecule has 1 unspecified atom stereocenters. The van der Waals surface area contributed by atoms with Crippen molar-refractivity contribution in [1.82, 2.24) is 5.32 Å². The van der Waals surface area contributed by atoms with Crippen molar-refractivity contribution in [2.24, 2.45) is 0 Å². The van der Waals surface area contributed by atoms with E-state index in [-0.39, 0.29) is 0 Å². The number of benzene rings is 1. The van der Waals surface area contributed by atoms with Gasteiger partial charge in [-0.05, 0) is 48.5 Å². The van der Waals surface area contributed by atoms with Crippen LogP contribution in [-0.4, -0.2) is 7.05 Å². The van der Waals surface area contributed by atoms with E-state index in [0.717, 1.165) is 0 Å². The number of hydrogen-bond acceptors (Lipinski definition) is 3. The fourth-order valence-electron chi connectivity index (χ4n) is 2.29. The Morgan fingerprint density at radius 2 is 2.00 bits per heavy atom. The zero-order chi connectivity index (χ0) is 12.5. The van der Waals surface area contributed by atoms with Crippen molar-refractivity contribution in [2.75, 3.05) is 7.05 Å². The summed E-state index contributed by atoms with van der Waals surface area (Å²) < 4.78 is 1.36. The van der Waals surface area contributed by atoms with E-state index < -0.39 is 0 Å². The molecule has 0 aliphatic rings. The second-order valence-electron chi connectivity index (χ2n) is 4.34. The monoisotopic (exact) mass is 273 g/mol. The topological polar surface area (TPSA) is 12.0 Å². The highest BCUT2D eigenvalue weighted by molar-refractivity contribution is 7.19. The van der Waals surface area contributed by atoms with E-state index in [1.165, 1.54) is 25.4 Å². The summed E-state index contributed by atoms with van der Waals surface area (Å²) in [5.41, 5.74) is 1.40. The Kier molecular flexibility index (Phi) is 3.20. The average Bonchev–Trinajstić information content (AvgIpc) is 2.97. The number of hydrogen-bond donors (Lipinski definition) is 1. The Bertz CT molecular complexity index is 633. The van der Waals surface area contributed by atoms with Crippen LogP contribution in [0, 0.1) is 6.92 Å². The minimum Gasteiger partial charge on any atom is -0.309 e. The molecule has 2 aromatic heterocycles. The highest BCUT2D eigenvalue weighted by Gasteiger charge is 2.17. The summed E-state index contributed by atoms with van der Waals surface area (Å²) in [6.45, 7) is 2.19. The van der Waals surface area contributed by atoms with E-state index in [1.807, 2.05) is 29.7 Å². The zero-order valence-corrected chi connectivity index (χ0v) is 12.1. The van der Waals surface area contributed by atoms with Gasteiger partial charge in [-0.3, -0.25) is 0 Å². The van der Waals surface area contributed by atoms with Gasteiger partial charge in [0, 0.05) is 14.5 Å². The molecular formula is C15H15NS2. The van der Waals surface area contributed by atoms with Crippen LogP contribution in [0.2, 0.25) is 0 Å². The normalized spacial score (nSPS) is 13.0. The Hall–Kier alpha value is -1.16. The summed E-state index contributed by atoms with van der Waals surface area (Å²) in [6, 6.07) is 13.4. The fourth-order valence-corrected chi connectivity index (χ4v) is 4.22. The minimum atomic E-state index is 0.314. The highest BCUT2D eigenvalue weighted by Crippen LogP contribution is 2.35. The first-order chi connectivity index (χ1) is 8.79. The summed E-state index contributed by atoms with van der Waals surface area (Å²) in [5, 5.41) is 6.95. The predicted molar refractivity (Wildman–Crippen MR) is 81.8 cm³/mol. The lowest BCUT2D eigenvalue weighted by Crippen LogP contribution is -2.16. The smallest absolute Gasteiger partial charge is 0.0679 e. The number of rotatable bonds is 3. The molecule has 3 rings (SSSR count). The maximum absolute atomic E-state index is 3.44. The zero-order valence-electron chi connectivity index (χ0n) is 10.4. The van der Waals surface area contributed by atoms with Crippen LogP contribution in [0.1, 0.15) is 21.4 Å². The van der Waals surface area contributed by atoms with Crippen LogP contribution in [0.4, 0.5) is 0 Å². The maximum Gasteiger partial charge on any atom is 0.0679 e. The third-order valence-electron chi connectivity index (χ3n) is 3.23.